The van der Waals surface area contributed by atoms with Crippen molar-refractivity contribution in [3.8, 4) is 5.75 Å². The highest BCUT2D eigenvalue weighted by Crippen LogP contribution is 2.07. The van der Waals surface area contributed by atoms with Gasteiger partial charge in [0.05, 0.1) is 11.9 Å². The van der Waals surface area contributed by atoms with Gasteiger partial charge in [0.1, 0.15) is 5.75 Å². The van der Waals surface area contributed by atoms with Gasteiger partial charge in [-0.3, -0.25) is 0 Å². The van der Waals surface area contributed by atoms with Gasteiger partial charge in [0.15, 0.2) is 0 Å². The second kappa shape index (κ2) is 4.14. The van der Waals surface area contributed by atoms with Crippen LogP contribution in [0, 0.1) is 0 Å². The average molecular weight is 159 g/mol. The summed E-state index contributed by atoms with van der Waals surface area (Å²) in [4.78, 5) is 0. The SMILES string of the molecule is ClOCOc1ccccc1. The zero-order valence-corrected chi connectivity index (χ0v) is 6.04. The Morgan fingerprint density at radius 1 is 1.20 bits per heavy atom. The summed E-state index contributed by atoms with van der Waals surface area (Å²) in [6, 6.07) is 9.33. The van der Waals surface area contributed by atoms with Crippen molar-refractivity contribution in [2.24, 2.45) is 0 Å². The quantitative estimate of drug-likeness (QED) is 0.628. The number of hydrogen-bond donors (Lipinski definition) is 0. The van der Waals surface area contributed by atoms with Gasteiger partial charge < -0.3 is 4.74 Å². The van der Waals surface area contributed by atoms with Crippen LogP contribution in [0.2, 0.25) is 0 Å². The minimum absolute atomic E-state index is 0.0750. The van der Waals surface area contributed by atoms with Gasteiger partial charge in [-0.25, -0.2) is 4.29 Å². The maximum Gasteiger partial charge on any atom is 0.207 e. The van der Waals surface area contributed by atoms with Crippen molar-refractivity contribution < 1.29 is 9.03 Å². The molecule has 0 saturated heterocycles. The third-order valence-electron chi connectivity index (χ3n) is 1.01. The number of benzene rings is 1. The summed E-state index contributed by atoms with van der Waals surface area (Å²) in [6.07, 6.45) is 0. The maximum absolute atomic E-state index is 5.00. The van der Waals surface area contributed by atoms with Gasteiger partial charge in [0, 0.05) is 0 Å². The fourth-order valence-corrected chi connectivity index (χ4v) is 0.652. The van der Waals surface area contributed by atoms with Crippen molar-refractivity contribution >= 4 is 11.9 Å². The standard InChI is InChI=1S/C7H7ClO2/c8-10-6-9-7-4-2-1-3-5-7/h1-5H,6H2. The van der Waals surface area contributed by atoms with Gasteiger partial charge in [0.25, 0.3) is 0 Å². The van der Waals surface area contributed by atoms with Gasteiger partial charge >= 0.3 is 0 Å². The predicted octanol–water partition coefficient (Wildman–Crippen LogP) is 2.19. The first kappa shape index (κ1) is 7.38. The molecule has 0 amide bonds. The molecule has 1 rings (SSSR count). The van der Waals surface area contributed by atoms with E-state index < -0.39 is 0 Å². The number of para-hydroxylation sites is 1. The van der Waals surface area contributed by atoms with E-state index in [4.69, 9.17) is 16.6 Å². The lowest BCUT2D eigenvalue weighted by Gasteiger charge is -2.00. The largest absolute Gasteiger partial charge is 0.466 e. The third-order valence-corrected chi connectivity index (χ3v) is 1.10. The van der Waals surface area contributed by atoms with E-state index in [2.05, 4.69) is 4.29 Å². The van der Waals surface area contributed by atoms with Crippen molar-refractivity contribution in [3.05, 3.63) is 30.3 Å². The molecule has 0 fully saturated rings. The summed E-state index contributed by atoms with van der Waals surface area (Å²) >= 11 is 4.93. The van der Waals surface area contributed by atoms with Crippen LogP contribution in [-0.2, 0) is 4.29 Å². The highest BCUT2D eigenvalue weighted by atomic mass is 35.5. The van der Waals surface area contributed by atoms with E-state index in [1.165, 1.54) is 0 Å². The van der Waals surface area contributed by atoms with Crippen molar-refractivity contribution in [2.75, 3.05) is 6.79 Å². The predicted molar refractivity (Wildman–Crippen MR) is 38.9 cm³/mol. The highest BCUT2D eigenvalue weighted by molar-refractivity contribution is 6.07. The Kier molecular flexibility index (Phi) is 3.06. The molecule has 0 heterocycles. The van der Waals surface area contributed by atoms with Crippen LogP contribution < -0.4 is 4.74 Å². The third kappa shape index (κ3) is 2.25. The van der Waals surface area contributed by atoms with Crippen molar-refractivity contribution in [1.82, 2.24) is 0 Å². The zero-order chi connectivity index (χ0) is 7.23. The summed E-state index contributed by atoms with van der Waals surface area (Å²) in [6.45, 7) is 0.0750. The fourth-order valence-electron chi connectivity index (χ4n) is 0.607. The molecule has 0 bridgehead atoms. The summed E-state index contributed by atoms with van der Waals surface area (Å²) in [5.41, 5.74) is 0. The van der Waals surface area contributed by atoms with Gasteiger partial charge in [-0.15, -0.1) is 0 Å². The molecule has 0 saturated carbocycles. The average Bonchev–Trinajstić information content (AvgIpc) is 2.03. The van der Waals surface area contributed by atoms with E-state index in [0.717, 1.165) is 5.75 Å². The van der Waals surface area contributed by atoms with Crippen LogP contribution in [0.15, 0.2) is 30.3 Å². The van der Waals surface area contributed by atoms with Crippen LogP contribution in [0.5, 0.6) is 5.75 Å². The Morgan fingerprint density at radius 3 is 2.50 bits per heavy atom. The first-order valence-electron chi connectivity index (χ1n) is 2.85. The van der Waals surface area contributed by atoms with Gasteiger partial charge in [-0.05, 0) is 12.1 Å². The molecule has 0 aliphatic heterocycles. The molecule has 0 aliphatic rings. The van der Waals surface area contributed by atoms with E-state index in [-0.39, 0.29) is 6.79 Å². The zero-order valence-electron chi connectivity index (χ0n) is 5.29. The van der Waals surface area contributed by atoms with E-state index in [1.807, 2.05) is 30.3 Å². The van der Waals surface area contributed by atoms with Crippen LogP contribution in [0.4, 0.5) is 0 Å². The van der Waals surface area contributed by atoms with Crippen LogP contribution in [0.3, 0.4) is 0 Å². The molecule has 0 atom stereocenters. The highest BCUT2D eigenvalue weighted by Gasteiger charge is 1.87. The second-order valence-corrected chi connectivity index (χ2v) is 1.90. The van der Waals surface area contributed by atoms with Gasteiger partial charge in [-0.1, -0.05) is 18.2 Å². The molecule has 0 aliphatic carbocycles. The van der Waals surface area contributed by atoms with E-state index in [1.54, 1.807) is 0 Å². The van der Waals surface area contributed by atoms with E-state index in [9.17, 15) is 0 Å². The smallest absolute Gasteiger partial charge is 0.207 e. The van der Waals surface area contributed by atoms with Crippen molar-refractivity contribution in [2.45, 2.75) is 0 Å². The summed E-state index contributed by atoms with van der Waals surface area (Å²) < 4.78 is 9.20. The molecule has 10 heavy (non-hydrogen) atoms. The van der Waals surface area contributed by atoms with Crippen molar-refractivity contribution in [3.63, 3.8) is 0 Å². The van der Waals surface area contributed by atoms with Crippen LogP contribution in [0.25, 0.3) is 0 Å². The Labute approximate surface area is 64.5 Å². The lowest BCUT2D eigenvalue weighted by molar-refractivity contribution is 0.131. The molecule has 2 nitrogen and oxygen atoms in total. The summed E-state index contributed by atoms with van der Waals surface area (Å²) in [5, 5.41) is 0. The minimum Gasteiger partial charge on any atom is -0.466 e. The molecule has 1 aromatic carbocycles. The maximum atomic E-state index is 5.00. The first-order valence-corrected chi connectivity index (χ1v) is 3.16. The lowest BCUT2D eigenvalue weighted by Crippen LogP contribution is -1.94. The Balaban J connectivity index is 2.43. The Morgan fingerprint density at radius 2 is 1.90 bits per heavy atom. The van der Waals surface area contributed by atoms with Gasteiger partial charge in [0.2, 0.25) is 6.79 Å². The second-order valence-electron chi connectivity index (χ2n) is 1.68. The van der Waals surface area contributed by atoms with Crippen LogP contribution in [0.1, 0.15) is 0 Å². The summed E-state index contributed by atoms with van der Waals surface area (Å²) in [5.74, 6) is 0.753. The fraction of sp³-hybridized carbons (Fsp3) is 0.143. The molecule has 0 unspecified atom stereocenters. The molecule has 3 heteroatoms. The molecular weight excluding hydrogens is 152 g/mol. The molecule has 1 aromatic rings. The Hall–Kier alpha value is -0.730. The first-order chi connectivity index (χ1) is 4.93. The molecular formula is C7H7ClO2. The monoisotopic (exact) mass is 158 g/mol. The molecule has 0 spiro atoms. The lowest BCUT2D eigenvalue weighted by atomic mass is 10.3. The number of ether oxygens (including phenoxy) is 1. The van der Waals surface area contributed by atoms with Crippen LogP contribution >= 0.6 is 11.9 Å². The number of rotatable bonds is 3. The normalized spacial score (nSPS) is 9.30. The molecule has 0 radical (unpaired) electrons. The topological polar surface area (TPSA) is 18.5 Å². The van der Waals surface area contributed by atoms with E-state index in [0.29, 0.717) is 0 Å². The minimum atomic E-state index is 0.0750. The number of hydrogen-bond acceptors (Lipinski definition) is 2. The molecule has 54 valence electrons. The number of halogens is 1. The van der Waals surface area contributed by atoms with Gasteiger partial charge in [-0.2, -0.15) is 0 Å². The summed E-state index contributed by atoms with van der Waals surface area (Å²) in [7, 11) is 0. The van der Waals surface area contributed by atoms with Crippen LogP contribution in [-0.4, -0.2) is 6.79 Å². The van der Waals surface area contributed by atoms with Crippen molar-refractivity contribution in [1.29, 1.82) is 0 Å². The molecule has 0 aromatic heterocycles. The van der Waals surface area contributed by atoms with E-state index >= 15 is 0 Å². The molecule has 0 N–H and O–H groups in total. The Bertz CT molecular complexity index is 176.